The van der Waals surface area contributed by atoms with E-state index in [1.807, 2.05) is 13.1 Å². The molecule has 3 aromatic rings. The Morgan fingerprint density at radius 3 is 2.58 bits per heavy atom. The second kappa shape index (κ2) is 7.53. The standard InChI is InChI=1S/C29H30N2/c1-19(2)23-8-6-10-25(15-23)28-17-27(18-30-20(28)3)31-21(4)29(13-14-29)26-12-11-22-7-5-9-24(22)16-26/h6,8,10-12,15-18,31H,1,4-5,7,9,13-14H2,2-3H3. The number of rotatable bonds is 6. The lowest BCUT2D eigenvalue weighted by Gasteiger charge is -2.22. The lowest BCUT2D eigenvalue weighted by Crippen LogP contribution is -2.17. The first-order chi connectivity index (χ1) is 15.0. The Kier molecular flexibility index (Phi) is 4.81. The molecule has 2 aliphatic rings. The zero-order valence-electron chi connectivity index (χ0n) is 18.6. The van der Waals surface area contributed by atoms with Crippen LogP contribution in [0.2, 0.25) is 0 Å². The number of aryl methyl sites for hydroxylation is 3. The minimum Gasteiger partial charge on any atom is -0.357 e. The molecule has 0 amide bonds. The highest BCUT2D eigenvalue weighted by Gasteiger charge is 2.47. The summed E-state index contributed by atoms with van der Waals surface area (Å²) >= 11 is 0. The maximum atomic E-state index is 4.68. The fourth-order valence-electron chi connectivity index (χ4n) is 4.90. The number of hydrogen-bond donors (Lipinski definition) is 1. The van der Waals surface area contributed by atoms with E-state index in [1.165, 1.54) is 41.5 Å². The molecule has 0 bridgehead atoms. The first-order valence-corrected chi connectivity index (χ1v) is 11.3. The van der Waals surface area contributed by atoms with Gasteiger partial charge in [-0.25, -0.2) is 0 Å². The quantitative estimate of drug-likeness (QED) is 0.467. The van der Waals surface area contributed by atoms with E-state index in [4.69, 9.17) is 0 Å². The maximum absolute atomic E-state index is 4.68. The predicted octanol–water partition coefficient (Wildman–Crippen LogP) is 7.24. The van der Waals surface area contributed by atoms with Gasteiger partial charge in [0.2, 0.25) is 0 Å². The molecule has 2 aromatic carbocycles. The molecule has 0 unspecified atom stereocenters. The van der Waals surface area contributed by atoms with Gasteiger partial charge in [0.15, 0.2) is 0 Å². The highest BCUT2D eigenvalue weighted by Crippen LogP contribution is 2.53. The van der Waals surface area contributed by atoms with E-state index < -0.39 is 0 Å². The van der Waals surface area contributed by atoms with E-state index in [-0.39, 0.29) is 5.41 Å². The lowest BCUT2D eigenvalue weighted by atomic mass is 9.90. The monoisotopic (exact) mass is 406 g/mol. The molecule has 156 valence electrons. The summed E-state index contributed by atoms with van der Waals surface area (Å²) in [5, 5.41) is 3.61. The molecule has 2 nitrogen and oxygen atoms in total. The Hall–Kier alpha value is -3.13. The summed E-state index contributed by atoms with van der Waals surface area (Å²) in [7, 11) is 0. The fraction of sp³-hybridized carbons (Fsp3) is 0.276. The van der Waals surface area contributed by atoms with Crippen LogP contribution in [0.25, 0.3) is 16.7 Å². The summed E-state index contributed by atoms with van der Waals surface area (Å²) in [4.78, 5) is 4.68. The van der Waals surface area contributed by atoms with Crippen molar-refractivity contribution in [1.29, 1.82) is 0 Å². The van der Waals surface area contributed by atoms with Crippen molar-refractivity contribution < 1.29 is 0 Å². The lowest BCUT2D eigenvalue weighted by molar-refractivity contribution is 0.826. The maximum Gasteiger partial charge on any atom is 0.0574 e. The Morgan fingerprint density at radius 2 is 1.81 bits per heavy atom. The highest BCUT2D eigenvalue weighted by atomic mass is 14.9. The second-order valence-corrected chi connectivity index (χ2v) is 9.24. The summed E-state index contributed by atoms with van der Waals surface area (Å²) in [6.07, 6.45) is 7.97. The average molecular weight is 407 g/mol. The molecule has 1 heterocycles. The van der Waals surface area contributed by atoms with Gasteiger partial charge in [-0.2, -0.15) is 0 Å². The Labute approximate surface area is 185 Å². The number of fused-ring (bicyclic) bond motifs is 1. The highest BCUT2D eigenvalue weighted by molar-refractivity contribution is 5.74. The van der Waals surface area contributed by atoms with Crippen molar-refractivity contribution in [2.75, 3.05) is 5.32 Å². The molecule has 1 N–H and O–H groups in total. The van der Waals surface area contributed by atoms with Gasteiger partial charge in [-0.3, -0.25) is 4.98 Å². The molecule has 0 spiro atoms. The normalized spacial score (nSPS) is 15.9. The smallest absolute Gasteiger partial charge is 0.0574 e. The number of anilines is 1. The number of benzene rings is 2. The molecule has 0 atom stereocenters. The van der Waals surface area contributed by atoms with Crippen LogP contribution >= 0.6 is 0 Å². The summed E-state index contributed by atoms with van der Waals surface area (Å²) in [5.74, 6) is 0. The Bertz CT molecular complexity index is 1200. The van der Waals surface area contributed by atoms with Gasteiger partial charge in [0.05, 0.1) is 11.9 Å². The van der Waals surface area contributed by atoms with Gasteiger partial charge in [0.25, 0.3) is 0 Å². The first-order valence-electron chi connectivity index (χ1n) is 11.3. The summed E-state index contributed by atoms with van der Waals surface area (Å²) in [6.45, 7) is 12.7. The SMILES string of the molecule is C=C(C)c1cccc(-c2cc(NC(=C)C3(c4ccc5c(c4)CCC5)CC3)cnc2C)c1. The van der Waals surface area contributed by atoms with Gasteiger partial charge in [-0.05, 0) is 85.9 Å². The summed E-state index contributed by atoms with van der Waals surface area (Å²) in [6, 6.07) is 17.8. The molecule has 1 saturated carbocycles. The van der Waals surface area contributed by atoms with Crippen LogP contribution in [0, 0.1) is 6.92 Å². The molecule has 0 radical (unpaired) electrons. The zero-order chi connectivity index (χ0) is 21.6. The minimum absolute atomic E-state index is 0.0581. The molecule has 1 aromatic heterocycles. The number of aromatic nitrogens is 1. The van der Waals surface area contributed by atoms with Crippen LogP contribution in [0.4, 0.5) is 5.69 Å². The van der Waals surface area contributed by atoms with Crippen LogP contribution in [0.15, 0.2) is 73.6 Å². The molecular weight excluding hydrogens is 376 g/mol. The van der Waals surface area contributed by atoms with Crippen molar-refractivity contribution in [3.63, 3.8) is 0 Å². The third-order valence-electron chi connectivity index (χ3n) is 7.03. The number of hydrogen-bond acceptors (Lipinski definition) is 2. The van der Waals surface area contributed by atoms with Gasteiger partial charge in [-0.1, -0.05) is 55.1 Å². The third-order valence-corrected chi connectivity index (χ3v) is 7.03. The number of nitrogens with one attached hydrogen (secondary N) is 1. The van der Waals surface area contributed by atoms with E-state index in [1.54, 1.807) is 0 Å². The van der Waals surface area contributed by atoms with Crippen molar-refractivity contribution in [1.82, 2.24) is 4.98 Å². The van der Waals surface area contributed by atoms with Crippen molar-refractivity contribution in [2.24, 2.45) is 0 Å². The number of allylic oxidation sites excluding steroid dienone is 2. The van der Waals surface area contributed by atoms with Gasteiger partial charge in [0, 0.05) is 22.4 Å². The van der Waals surface area contributed by atoms with Gasteiger partial charge >= 0.3 is 0 Å². The van der Waals surface area contributed by atoms with Crippen LogP contribution in [0.5, 0.6) is 0 Å². The third kappa shape index (κ3) is 3.61. The van der Waals surface area contributed by atoms with E-state index in [2.05, 4.69) is 78.9 Å². The van der Waals surface area contributed by atoms with Crippen molar-refractivity contribution in [3.05, 3.63) is 102 Å². The second-order valence-electron chi connectivity index (χ2n) is 9.24. The molecule has 2 aliphatic carbocycles. The Morgan fingerprint density at radius 1 is 1.00 bits per heavy atom. The van der Waals surface area contributed by atoms with Crippen LogP contribution in [-0.2, 0) is 18.3 Å². The largest absolute Gasteiger partial charge is 0.357 e. The molecule has 0 saturated heterocycles. The van der Waals surface area contributed by atoms with Crippen LogP contribution in [0.1, 0.15) is 54.1 Å². The minimum atomic E-state index is 0.0581. The van der Waals surface area contributed by atoms with Crippen molar-refractivity contribution in [2.45, 2.75) is 51.4 Å². The van der Waals surface area contributed by atoms with Crippen LogP contribution in [-0.4, -0.2) is 4.98 Å². The van der Waals surface area contributed by atoms with Crippen molar-refractivity contribution in [3.8, 4) is 11.1 Å². The van der Waals surface area contributed by atoms with Gasteiger partial charge in [0.1, 0.15) is 0 Å². The van der Waals surface area contributed by atoms with Crippen LogP contribution < -0.4 is 5.32 Å². The first kappa shape index (κ1) is 19.8. The summed E-state index contributed by atoms with van der Waals surface area (Å²) < 4.78 is 0. The van der Waals surface area contributed by atoms with E-state index in [0.717, 1.165) is 46.6 Å². The molecule has 0 aliphatic heterocycles. The summed E-state index contributed by atoms with van der Waals surface area (Å²) in [5.41, 5.74) is 12.2. The van der Waals surface area contributed by atoms with Crippen LogP contribution in [0.3, 0.4) is 0 Å². The average Bonchev–Trinajstić information content (AvgIpc) is 3.46. The van der Waals surface area contributed by atoms with E-state index in [0.29, 0.717) is 0 Å². The van der Waals surface area contributed by atoms with Gasteiger partial charge in [-0.15, -0.1) is 0 Å². The van der Waals surface area contributed by atoms with Gasteiger partial charge < -0.3 is 5.32 Å². The number of nitrogens with zero attached hydrogens (tertiary/aromatic N) is 1. The number of pyridine rings is 1. The molecule has 31 heavy (non-hydrogen) atoms. The van der Waals surface area contributed by atoms with E-state index in [9.17, 15) is 0 Å². The predicted molar refractivity (Wildman–Crippen MR) is 131 cm³/mol. The Balaban J connectivity index is 1.42. The fourth-order valence-corrected chi connectivity index (χ4v) is 4.90. The molecule has 5 rings (SSSR count). The topological polar surface area (TPSA) is 24.9 Å². The van der Waals surface area contributed by atoms with Crippen molar-refractivity contribution >= 4 is 11.3 Å². The molecule has 1 fully saturated rings. The molecule has 2 heteroatoms. The zero-order valence-corrected chi connectivity index (χ0v) is 18.6. The molecular formula is C29H30N2. The van der Waals surface area contributed by atoms with E-state index >= 15 is 0 Å².